The average molecular weight is 272 g/mol. The number of amides is 1. The Labute approximate surface area is 114 Å². The molecule has 1 unspecified atom stereocenters. The molecule has 3 N–H and O–H groups in total. The molecule has 0 aromatic rings. The number of carbonyl (C=O) groups is 2. The number of methoxy groups -OCH3 is 1. The number of hydrogen-bond donors (Lipinski definition) is 2. The number of ether oxygens (including phenoxy) is 2. The van der Waals surface area contributed by atoms with Crippen LogP contribution in [0.4, 0.5) is 0 Å². The van der Waals surface area contributed by atoms with Gasteiger partial charge in [-0.1, -0.05) is 0 Å². The molecule has 1 atom stereocenters. The molecular formula is C13H24N2O4. The van der Waals surface area contributed by atoms with E-state index in [0.717, 1.165) is 12.8 Å². The van der Waals surface area contributed by atoms with E-state index in [0.29, 0.717) is 13.2 Å². The summed E-state index contributed by atoms with van der Waals surface area (Å²) < 4.78 is 9.93. The SMILES string of the molecule is COC(=O)C(C)(C)CNC(=O)C(N)C1CCOCC1. The lowest BCUT2D eigenvalue weighted by Gasteiger charge is -2.28. The Morgan fingerprint density at radius 1 is 1.42 bits per heavy atom. The van der Waals surface area contributed by atoms with Crippen molar-refractivity contribution in [2.75, 3.05) is 26.9 Å². The van der Waals surface area contributed by atoms with Gasteiger partial charge in [-0.05, 0) is 32.6 Å². The molecule has 0 aromatic heterocycles. The smallest absolute Gasteiger partial charge is 0.313 e. The molecule has 1 heterocycles. The van der Waals surface area contributed by atoms with E-state index in [4.69, 9.17) is 10.5 Å². The second-order valence-corrected chi connectivity index (χ2v) is 5.57. The normalized spacial score (nSPS) is 18.7. The Hall–Kier alpha value is -1.14. The molecule has 110 valence electrons. The Kier molecular flexibility index (Phi) is 5.75. The summed E-state index contributed by atoms with van der Waals surface area (Å²) in [6.45, 7) is 4.96. The number of hydrogen-bond acceptors (Lipinski definition) is 5. The summed E-state index contributed by atoms with van der Waals surface area (Å²) in [7, 11) is 1.33. The van der Waals surface area contributed by atoms with Gasteiger partial charge in [0.05, 0.1) is 18.6 Å². The van der Waals surface area contributed by atoms with Crippen LogP contribution in [-0.4, -0.2) is 44.8 Å². The van der Waals surface area contributed by atoms with Crippen molar-refractivity contribution in [3.05, 3.63) is 0 Å². The lowest BCUT2D eigenvalue weighted by Crippen LogP contribution is -2.50. The molecule has 1 aliphatic heterocycles. The van der Waals surface area contributed by atoms with Crippen molar-refractivity contribution in [1.29, 1.82) is 0 Å². The van der Waals surface area contributed by atoms with E-state index in [1.165, 1.54) is 7.11 Å². The minimum absolute atomic E-state index is 0.148. The van der Waals surface area contributed by atoms with E-state index >= 15 is 0 Å². The molecule has 0 spiro atoms. The molecule has 0 aliphatic carbocycles. The molecule has 0 radical (unpaired) electrons. The fourth-order valence-electron chi connectivity index (χ4n) is 2.06. The van der Waals surface area contributed by atoms with Gasteiger partial charge in [0, 0.05) is 19.8 Å². The molecule has 1 amide bonds. The van der Waals surface area contributed by atoms with Crippen LogP contribution in [0.3, 0.4) is 0 Å². The van der Waals surface area contributed by atoms with Crippen molar-refractivity contribution in [1.82, 2.24) is 5.32 Å². The van der Waals surface area contributed by atoms with Gasteiger partial charge in [-0.2, -0.15) is 0 Å². The highest BCUT2D eigenvalue weighted by molar-refractivity contribution is 5.83. The Morgan fingerprint density at radius 3 is 2.53 bits per heavy atom. The van der Waals surface area contributed by atoms with E-state index in [1.54, 1.807) is 13.8 Å². The van der Waals surface area contributed by atoms with E-state index in [9.17, 15) is 9.59 Å². The minimum atomic E-state index is -0.750. The van der Waals surface area contributed by atoms with Gasteiger partial charge in [0.1, 0.15) is 0 Å². The molecule has 1 aliphatic rings. The fourth-order valence-corrected chi connectivity index (χ4v) is 2.06. The third-order valence-corrected chi connectivity index (χ3v) is 3.52. The van der Waals surface area contributed by atoms with Gasteiger partial charge in [0.25, 0.3) is 0 Å². The molecule has 6 nitrogen and oxygen atoms in total. The first kappa shape index (κ1) is 15.9. The van der Waals surface area contributed by atoms with Gasteiger partial charge in [-0.3, -0.25) is 9.59 Å². The second kappa shape index (κ2) is 6.86. The molecule has 6 heteroatoms. The van der Waals surface area contributed by atoms with Gasteiger partial charge in [-0.15, -0.1) is 0 Å². The van der Waals surface area contributed by atoms with Crippen LogP contribution in [0.5, 0.6) is 0 Å². The van der Waals surface area contributed by atoms with Crippen LogP contribution in [-0.2, 0) is 19.1 Å². The molecule has 19 heavy (non-hydrogen) atoms. The van der Waals surface area contributed by atoms with Crippen LogP contribution in [0.1, 0.15) is 26.7 Å². The van der Waals surface area contributed by atoms with Crippen molar-refractivity contribution in [3.8, 4) is 0 Å². The number of esters is 1. The van der Waals surface area contributed by atoms with Crippen molar-refractivity contribution in [2.45, 2.75) is 32.7 Å². The first-order chi connectivity index (χ1) is 8.88. The average Bonchev–Trinajstić information content (AvgIpc) is 2.43. The van der Waals surface area contributed by atoms with E-state index in [-0.39, 0.29) is 24.3 Å². The second-order valence-electron chi connectivity index (χ2n) is 5.57. The summed E-state index contributed by atoms with van der Waals surface area (Å²) in [5, 5.41) is 2.73. The van der Waals surface area contributed by atoms with Crippen molar-refractivity contribution in [3.63, 3.8) is 0 Å². The van der Waals surface area contributed by atoms with Gasteiger partial charge in [-0.25, -0.2) is 0 Å². The zero-order chi connectivity index (χ0) is 14.5. The predicted molar refractivity (Wildman–Crippen MR) is 70.3 cm³/mol. The van der Waals surface area contributed by atoms with Crippen LogP contribution in [0.25, 0.3) is 0 Å². The van der Waals surface area contributed by atoms with Gasteiger partial charge >= 0.3 is 5.97 Å². The molecule has 1 saturated heterocycles. The summed E-state index contributed by atoms with van der Waals surface area (Å²) >= 11 is 0. The third kappa shape index (κ3) is 4.47. The summed E-state index contributed by atoms with van der Waals surface area (Å²) in [5.41, 5.74) is 5.20. The molecule has 1 fully saturated rings. The zero-order valence-electron chi connectivity index (χ0n) is 11.9. The Morgan fingerprint density at radius 2 is 2.00 bits per heavy atom. The highest BCUT2D eigenvalue weighted by atomic mass is 16.5. The lowest BCUT2D eigenvalue weighted by atomic mass is 9.90. The predicted octanol–water partition coefficient (Wildman–Crippen LogP) is 0.0557. The molecule has 0 saturated carbocycles. The van der Waals surface area contributed by atoms with Crippen molar-refractivity contribution in [2.24, 2.45) is 17.1 Å². The number of carbonyl (C=O) groups excluding carboxylic acids is 2. The maximum absolute atomic E-state index is 12.0. The van der Waals surface area contributed by atoms with Crippen LogP contribution >= 0.6 is 0 Å². The van der Waals surface area contributed by atoms with Crippen molar-refractivity contribution >= 4 is 11.9 Å². The monoisotopic (exact) mass is 272 g/mol. The summed E-state index contributed by atoms with van der Waals surface area (Å²) in [6, 6.07) is -0.544. The first-order valence-corrected chi connectivity index (χ1v) is 6.58. The first-order valence-electron chi connectivity index (χ1n) is 6.58. The Balaban J connectivity index is 2.43. The van der Waals surface area contributed by atoms with Gasteiger partial charge in [0.15, 0.2) is 0 Å². The maximum atomic E-state index is 12.0. The maximum Gasteiger partial charge on any atom is 0.313 e. The number of nitrogens with two attached hydrogens (primary N) is 1. The van der Waals surface area contributed by atoms with Gasteiger partial charge < -0.3 is 20.5 Å². The molecule has 0 bridgehead atoms. The van der Waals surface area contributed by atoms with Gasteiger partial charge in [0.2, 0.25) is 5.91 Å². The van der Waals surface area contributed by atoms with Crippen LogP contribution in [0, 0.1) is 11.3 Å². The summed E-state index contributed by atoms with van der Waals surface area (Å²) in [5.74, 6) is -0.425. The molecule has 0 aromatic carbocycles. The van der Waals surface area contributed by atoms with Crippen LogP contribution in [0.2, 0.25) is 0 Å². The lowest BCUT2D eigenvalue weighted by molar-refractivity contribution is -0.150. The fraction of sp³-hybridized carbons (Fsp3) is 0.846. The van der Waals surface area contributed by atoms with E-state index < -0.39 is 11.5 Å². The Bertz CT molecular complexity index is 325. The van der Waals surface area contributed by atoms with E-state index in [1.807, 2.05) is 0 Å². The molecular weight excluding hydrogens is 248 g/mol. The summed E-state index contributed by atoms with van der Waals surface area (Å²) in [6.07, 6.45) is 1.60. The third-order valence-electron chi connectivity index (χ3n) is 3.52. The standard InChI is InChI=1S/C13H24N2O4/c1-13(2,12(17)18-3)8-15-11(16)10(14)9-4-6-19-7-5-9/h9-10H,4-8,14H2,1-3H3,(H,15,16). The minimum Gasteiger partial charge on any atom is -0.469 e. The largest absolute Gasteiger partial charge is 0.469 e. The topological polar surface area (TPSA) is 90.7 Å². The highest BCUT2D eigenvalue weighted by Crippen LogP contribution is 2.19. The zero-order valence-corrected chi connectivity index (χ0v) is 11.9. The number of nitrogens with one attached hydrogen (secondary N) is 1. The number of rotatable bonds is 5. The van der Waals surface area contributed by atoms with Crippen LogP contribution in [0.15, 0.2) is 0 Å². The van der Waals surface area contributed by atoms with E-state index in [2.05, 4.69) is 10.1 Å². The quantitative estimate of drug-likeness (QED) is 0.690. The van der Waals surface area contributed by atoms with Crippen LogP contribution < -0.4 is 11.1 Å². The summed E-state index contributed by atoms with van der Waals surface area (Å²) in [4.78, 5) is 23.5. The highest BCUT2D eigenvalue weighted by Gasteiger charge is 2.31. The van der Waals surface area contributed by atoms with Crippen molar-refractivity contribution < 1.29 is 19.1 Å². The molecule has 1 rings (SSSR count).